The zero-order valence-corrected chi connectivity index (χ0v) is 12.1. The van der Waals surface area contributed by atoms with E-state index >= 15 is 0 Å². The minimum Gasteiger partial charge on any atom is -0.345 e. The fourth-order valence-corrected chi connectivity index (χ4v) is 2.54. The number of aromatic nitrogens is 1. The summed E-state index contributed by atoms with van der Waals surface area (Å²) in [5.41, 5.74) is 2.45. The van der Waals surface area contributed by atoms with Crippen molar-refractivity contribution < 1.29 is 0 Å². The van der Waals surface area contributed by atoms with Crippen molar-refractivity contribution >= 4 is 10.9 Å². The van der Waals surface area contributed by atoms with Crippen molar-refractivity contribution in [2.75, 3.05) is 0 Å². The maximum Gasteiger partial charge on any atom is 0.0683 e. The summed E-state index contributed by atoms with van der Waals surface area (Å²) in [5, 5.41) is 10.3. The van der Waals surface area contributed by atoms with Gasteiger partial charge in [-0.1, -0.05) is 24.6 Å². The average Bonchev–Trinajstić information content (AvgIpc) is 2.71. The summed E-state index contributed by atoms with van der Waals surface area (Å²) >= 11 is 0. The monoisotopic (exact) mass is 254 g/mol. The predicted molar refractivity (Wildman–Crippen MR) is 79.9 cm³/mol. The molecule has 0 saturated heterocycles. The molecule has 0 radical (unpaired) electrons. The Morgan fingerprint density at radius 3 is 2.68 bits per heavy atom. The Bertz CT molecular complexity index is 599. The fraction of sp³-hybridized carbons (Fsp3) is 0.471. The fourth-order valence-electron chi connectivity index (χ4n) is 2.54. The van der Waals surface area contributed by atoms with Crippen LogP contribution in [0.1, 0.15) is 38.8 Å². The van der Waals surface area contributed by atoms with Gasteiger partial charge in [-0.25, -0.2) is 0 Å². The summed E-state index contributed by atoms with van der Waals surface area (Å²) in [6, 6.07) is 13.1. The summed E-state index contributed by atoms with van der Waals surface area (Å²) in [4.78, 5) is 0. The molecule has 0 atom stereocenters. The molecule has 2 rings (SSSR count). The molecule has 0 fully saturated rings. The van der Waals surface area contributed by atoms with Gasteiger partial charge >= 0.3 is 0 Å². The first-order valence-electron chi connectivity index (χ1n) is 7.00. The zero-order valence-electron chi connectivity index (χ0n) is 12.1. The maximum atomic E-state index is 9.01. The van der Waals surface area contributed by atoms with E-state index in [-0.39, 0.29) is 5.41 Å². The van der Waals surface area contributed by atoms with Gasteiger partial charge in [0.25, 0.3) is 0 Å². The number of hydrogen-bond acceptors (Lipinski definition) is 1. The molecular weight excluding hydrogens is 232 g/mol. The van der Waals surface area contributed by atoms with Gasteiger partial charge < -0.3 is 4.57 Å². The third-order valence-corrected chi connectivity index (χ3v) is 3.75. The first-order chi connectivity index (χ1) is 9.03. The molecule has 0 unspecified atom stereocenters. The van der Waals surface area contributed by atoms with Gasteiger partial charge in [-0.2, -0.15) is 5.26 Å². The number of unbranched alkanes of at least 4 members (excludes halogenated alkanes) is 1. The topological polar surface area (TPSA) is 28.7 Å². The number of hydrogen-bond donors (Lipinski definition) is 0. The molecule has 0 aliphatic carbocycles. The Labute approximate surface area is 115 Å². The van der Waals surface area contributed by atoms with E-state index in [4.69, 9.17) is 5.26 Å². The van der Waals surface area contributed by atoms with Gasteiger partial charge in [0.15, 0.2) is 0 Å². The van der Waals surface area contributed by atoms with Crippen LogP contribution >= 0.6 is 0 Å². The molecule has 0 spiro atoms. The number of rotatable bonds is 5. The summed E-state index contributed by atoms with van der Waals surface area (Å²) in [6.07, 6.45) is 3.21. The highest BCUT2D eigenvalue weighted by molar-refractivity contribution is 5.81. The smallest absolute Gasteiger partial charge is 0.0683 e. The van der Waals surface area contributed by atoms with Crippen LogP contribution in [0.3, 0.4) is 0 Å². The number of nitriles is 1. The molecule has 100 valence electrons. The summed E-state index contributed by atoms with van der Waals surface area (Å²) in [6.45, 7) is 7.24. The van der Waals surface area contributed by atoms with E-state index in [1.165, 1.54) is 16.6 Å². The average molecular weight is 254 g/mol. The number of aryl methyl sites for hydroxylation is 2. The van der Waals surface area contributed by atoms with Crippen molar-refractivity contribution in [1.29, 1.82) is 5.26 Å². The van der Waals surface area contributed by atoms with Gasteiger partial charge in [-0.15, -0.1) is 0 Å². The normalized spacial score (nSPS) is 11.7. The molecular formula is C17H22N2. The van der Waals surface area contributed by atoms with Crippen LogP contribution in [0.5, 0.6) is 0 Å². The van der Waals surface area contributed by atoms with Crippen LogP contribution in [0.15, 0.2) is 30.3 Å². The third kappa shape index (κ3) is 3.17. The number of nitrogens with zero attached hydrogens (tertiary/aromatic N) is 2. The first-order valence-corrected chi connectivity index (χ1v) is 7.00. The van der Waals surface area contributed by atoms with Gasteiger partial charge in [0, 0.05) is 17.8 Å². The van der Waals surface area contributed by atoms with Gasteiger partial charge in [0.05, 0.1) is 11.5 Å². The molecule has 0 aliphatic rings. The van der Waals surface area contributed by atoms with E-state index in [1.807, 2.05) is 13.8 Å². The molecule has 1 aromatic heterocycles. The molecule has 0 aliphatic heterocycles. The zero-order chi connectivity index (χ0) is 13.9. The number of para-hydroxylation sites is 1. The van der Waals surface area contributed by atoms with E-state index in [0.717, 1.165) is 25.8 Å². The quantitative estimate of drug-likeness (QED) is 0.713. The van der Waals surface area contributed by atoms with Crippen molar-refractivity contribution in [2.24, 2.45) is 5.41 Å². The highest BCUT2D eigenvalue weighted by atomic mass is 15.0. The molecule has 1 heterocycles. The Balaban J connectivity index is 1.99. The summed E-state index contributed by atoms with van der Waals surface area (Å²) in [5.74, 6) is 0. The van der Waals surface area contributed by atoms with Gasteiger partial charge in [0.2, 0.25) is 0 Å². The van der Waals surface area contributed by atoms with E-state index in [1.54, 1.807) is 0 Å². The van der Waals surface area contributed by atoms with Crippen LogP contribution in [-0.2, 0) is 6.54 Å². The highest BCUT2D eigenvalue weighted by Crippen LogP contribution is 2.23. The molecule has 19 heavy (non-hydrogen) atoms. The second kappa shape index (κ2) is 5.48. The standard InChI is InChI=1S/C17H22N2/c1-14-12-15-8-4-5-9-16(15)19(14)11-7-6-10-17(2,3)13-18/h4-5,8-9,12H,6-7,10-11H2,1-3H3. The molecule has 2 heteroatoms. The van der Waals surface area contributed by atoms with E-state index < -0.39 is 0 Å². The van der Waals surface area contributed by atoms with Gasteiger partial charge in [0.1, 0.15) is 0 Å². The number of benzene rings is 1. The Morgan fingerprint density at radius 1 is 1.21 bits per heavy atom. The molecule has 0 saturated carbocycles. The molecule has 0 bridgehead atoms. The third-order valence-electron chi connectivity index (χ3n) is 3.75. The lowest BCUT2D eigenvalue weighted by Crippen LogP contribution is -2.08. The lowest BCUT2D eigenvalue weighted by atomic mass is 9.89. The maximum absolute atomic E-state index is 9.01. The van der Waals surface area contributed by atoms with Crippen molar-refractivity contribution in [3.8, 4) is 6.07 Å². The number of fused-ring (bicyclic) bond motifs is 1. The van der Waals surface area contributed by atoms with E-state index in [2.05, 4.69) is 47.9 Å². The van der Waals surface area contributed by atoms with E-state index in [9.17, 15) is 0 Å². The SMILES string of the molecule is Cc1cc2ccccc2n1CCCCC(C)(C)C#N. The Kier molecular flexibility index (Phi) is 3.95. The molecule has 2 aromatic rings. The lowest BCUT2D eigenvalue weighted by Gasteiger charge is -2.15. The minimum absolute atomic E-state index is 0.187. The Hall–Kier alpha value is -1.75. The van der Waals surface area contributed by atoms with Crippen molar-refractivity contribution in [2.45, 2.75) is 46.6 Å². The van der Waals surface area contributed by atoms with Gasteiger partial charge in [-0.3, -0.25) is 0 Å². The largest absolute Gasteiger partial charge is 0.345 e. The predicted octanol–water partition coefficient (Wildman–Crippen LogP) is 4.67. The summed E-state index contributed by atoms with van der Waals surface area (Å²) < 4.78 is 2.38. The molecule has 1 aromatic carbocycles. The van der Waals surface area contributed by atoms with Crippen molar-refractivity contribution in [1.82, 2.24) is 4.57 Å². The van der Waals surface area contributed by atoms with Crippen LogP contribution in [-0.4, -0.2) is 4.57 Å². The second-order valence-electron chi connectivity index (χ2n) is 5.95. The minimum atomic E-state index is -0.187. The van der Waals surface area contributed by atoms with Crippen LogP contribution in [0.2, 0.25) is 0 Å². The van der Waals surface area contributed by atoms with Crippen LogP contribution in [0, 0.1) is 23.7 Å². The van der Waals surface area contributed by atoms with Crippen molar-refractivity contribution in [3.63, 3.8) is 0 Å². The lowest BCUT2D eigenvalue weighted by molar-refractivity contribution is 0.417. The molecule has 0 N–H and O–H groups in total. The first kappa shape index (κ1) is 13.7. The Morgan fingerprint density at radius 2 is 1.95 bits per heavy atom. The highest BCUT2D eigenvalue weighted by Gasteiger charge is 2.15. The van der Waals surface area contributed by atoms with Crippen molar-refractivity contribution in [3.05, 3.63) is 36.0 Å². The van der Waals surface area contributed by atoms with Gasteiger partial charge in [-0.05, 0) is 51.1 Å². The van der Waals surface area contributed by atoms with Crippen LogP contribution in [0.25, 0.3) is 10.9 Å². The second-order valence-corrected chi connectivity index (χ2v) is 5.95. The van der Waals surface area contributed by atoms with Crippen LogP contribution in [0.4, 0.5) is 0 Å². The van der Waals surface area contributed by atoms with Crippen LogP contribution < -0.4 is 0 Å². The summed E-state index contributed by atoms with van der Waals surface area (Å²) in [7, 11) is 0. The molecule has 0 amide bonds. The van der Waals surface area contributed by atoms with E-state index in [0.29, 0.717) is 0 Å². The molecule has 2 nitrogen and oxygen atoms in total.